The zero-order valence-electron chi connectivity index (χ0n) is 17.7. The normalized spacial score (nSPS) is 18.0. The molecule has 31 heavy (non-hydrogen) atoms. The lowest BCUT2D eigenvalue weighted by molar-refractivity contribution is -0.133. The van der Waals surface area contributed by atoms with E-state index in [1.54, 1.807) is 31.2 Å². The highest BCUT2D eigenvalue weighted by Crippen LogP contribution is 2.29. The minimum Gasteiger partial charge on any atom is -0.462 e. The number of hydrogen-bond donors (Lipinski definition) is 2. The number of aryl methyl sites for hydroxylation is 1. The minimum absolute atomic E-state index is 0.338. The Morgan fingerprint density at radius 1 is 1.06 bits per heavy atom. The quantitative estimate of drug-likeness (QED) is 0.526. The SMILES string of the molecule is CCCOC(=O)c1ccc(NC(=O)CN2C(=O)N[C@@](C)(c3ccc(C)cc3)C2=O)cc1. The van der Waals surface area contributed by atoms with E-state index in [9.17, 15) is 19.2 Å². The Bertz CT molecular complexity index is 1000. The first-order valence-electron chi connectivity index (χ1n) is 10.0. The third-order valence-electron chi connectivity index (χ3n) is 5.05. The van der Waals surface area contributed by atoms with Crippen LogP contribution in [-0.4, -0.2) is 41.9 Å². The molecular formula is C23H25N3O5. The van der Waals surface area contributed by atoms with Crippen molar-refractivity contribution in [3.05, 3.63) is 65.2 Å². The minimum atomic E-state index is -1.23. The Labute approximate surface area is 180 Å². The lowest BCUT2D eigenvalue weighted by atomic mass is 9.91. The summed E-state index contributed by atoms with van der Waals surface area (Å²) in [7, 11) is 0. The van der Waals surface area contributed by atoms with Crippen molar-refractivity contribution in [1.82, 2.24) is 10.2 Å². The molecular weight excluding hydrogens is 398 g/mol. The van der Waals surface area contributed by atoms with Crippen molar-refractivity contribution in [1.29, 1.82) is 0 Å². The number of imide groups is 1. The fourth-order valence-corrected chi connectivity index (χ4v) is 3.23. The molecule has 0 saturated carbocycles. The van der Waals surface area contributed by atoms with Crippen molar-refractivity contribution in [2.45, 2.75) is 32.7 Å². The van der Waals surface area contributed by atoms with Crippen molar-refractivity contribution < 1.29 is 23.9 Å². The van der Waals surface area contributed by atoms with E-state index in [-0.39, 0.29) is 0 Å². The molecule has 1 saturated heterocycles. The lowest BCUT2D eigenvalue weighted by Gasteiger charge is -2.22. The first kappa shape index (κ1) is 22.0. The van der Waals surface area contributed by atoms with Gasteiger partial charge >= 0.3 is 12.0 Å². The van der Waals surface area contributed by atoms with Crippen LogP contribution in [0.4, 0.5) is 10.5 Å². The van der Waals surface area contributed by atoms with Crippen molar-refractivity contribution in [3.63, 3.8) is 0 Å². The molecule has 2 N–H and O–H groups in total. The van der Waals surface area contributed by atoms with Crippen LogP contribution in [0.5, 0.6) is 0 Å². The molecule has 8 nitrogen and oxygen atoms in total. The number of rotatable bonds is 7. The molecule has 2 aromatic rings. The van der Waals surface area contributed by atoms with Crippen LogP contribution in [0.15, 0.2) is 48.5 Å². The molecule has 2 aromatic carbocycles. The molecule has 1 fully saturated rings. The summed E-state index contributed by atoms with van der Waals surface area (Å²) in [5, 5.41) is 5.31. The highest BCUT2D eigenvalue weighted by Gasteiger charge is 2.49. The van der Waals surface area contributed by atoms with Gasteiger partial charge in [0.1, 0.15) is 12.1 Å². The molecule has 3 rings (SSSR count). The van der Waals surface area contributed by atoms with Gasteiger partial charge < -0.3 is 15.4 Å². The molecule has 1 aliphatic heterocycles. The first-order chi connectivity index (χ1) is 14.7. The average molecular weight is 423 g/mol. The maximum atomic E-state index is 12.9. The molecule has 0 bridgehead atoms. The Hall–Kier alpha value is -3.68. The van der Waals surface area contributed by atoms with Gasteiger partial charge in [-0.15, -0.1) is 0 Å². The largest absolute Gasteiger partial charge is 0.462 e. The summed E-state index contributed by atoms with van der Waals surface area (Å²) >= 11 is 0. The van der Waals surface area contributed by atoms with Gasteiger partial charge in [-0.25, -0.2) is 9.59 Å². The third kappa shape index (κ3) is 4.74. The summed E-state index contributed by atoms with van der Waals surface area (Å²) in [6, 6.07) is 12.8. The van der Waals surface area contributed by atoms with Crippen LogP contribution < -0.4 is 10.6 Å². The molecule has 1 heterocycles. The van der Waals surface area contributed by atoms with E-state index < -0.39 is 35.9 Å². The number of esters is 1. The van der Waals surface area contributed by atoms with Crippen molar-refractivity contribution in [2.24, 2.45) is 0 Å². The van der Waals surface area contributed by atoms with Crippen LogP contribution in [0, 0.1) is 6.92 Å². The van der Waals surface area contributed by atoms with Crippen LogP contribution in [0.2, 0.25) is 0 Å². The van der Waals surface area contributed by atoms with Crippen molar-refractivity contribution in [2.75, 3.05) is 18.5 Å². The molecule has 0 aromatic heterocycles. The number of nitrogens with one attached hydrogen (secondary N) is 2. The van der Waals surface area contributed by atoms with Crippen LogP contribution in [0.1, 0.15) is 41.8 Å². The predicted molar refractivity (Wildman–Crippen MR) is 114 cm³/mol. The summed E-state index contributed by atoms with van der Waals surface area (Å²) < 4.78 is 5.06. The number of carbonyl (C=O) groups is 4. The molecule has 0 radical (unpaired) electrons. The van der Waals surface area contributed by atoms with Crippen LogP contribution in [0.3, 0.4) is 0 Å². The Kier molecular flexibility index (Phi) is 6.39. The summed E-state index contributed by atoms with van der Waals surface area (Å²) in [5.74, 6) is -1.46. The Balaban J connectivity index is 1.64. The van der Waals surface area contributed by atoms with Crippen LogP contribution in [-0.2, 0) is 19.9 Å². The second-order valence-corrected chi connectivity index (χ2v) is 7.57. The van der Waals surface area contributed by atoms with E-state index in [2.05, 4.69) is 10.6 Å². The second-order valence-electron chi connectivity index (χ2n) is 7.57. The van der Waals surface area contributed by atoms with E-state index in [4.69, 9.17) is 4.74 Å². The van der Waals surface area contributed by atoms with Gasteiger partial charge in [-0.2, -0.15) is 0 Å². The number of urea groups is 1. The number of amides is 4. The number of hydrogen-bond acceptors (Lipinski definition) is 5. The van der Waals surface area contributed by atoms with Gasteiger partial charge in [0.2, 0.25) is 5.91 Å². The fraction of sp³-hybridized carbons (Fsp3) is 0.304. The summed E-state index contributed by atoms with van der Waals surface area (Å²) in [5.41, 5.74) is 1.25. The number of carbonyl (C=O) groups excluding carboxylic acids is 4. The van der Waals surface area contributed by atoms with Gasteiger partial charge in [-0.1, -0.05) is 36.8 Å². The van der Waals surface area contributed by atoms with E-state index in [0.29, 0.717) is 23.4 Å². The van der Waals surface area contributed by atoms with Crippen molar-refractivity contribution in [3.8, 4) is 0 Å². The van der Waals surface area contributed by atoms with Gasteiger partial charge in [0.05, 0.1) is 12.2 Å². The number of nitrogens with zero attached hydrogens (tertiary/aromatic N) is 1. The smallest absolute Gasteiger partial charge is 0.338 e. The van der Waals surface area contributed by atoms with Crippen molar-refractivity contribution >= 4 is 29.5 Å². The molecule has 1 atom stereocenters. The highest BCUT2D eigenvalue weighted by atomic mass is 16.5. The Morgan fingerprint density at radius 3 is 2.32 bits per heavy atom. The Morgan fingerprint density at radius 2 is 1.71 bits per heavy atom. The molecule has 0 spiro atoms. The van der Waals surface area contributed by atoms with E-state index in [1.807, 2.05) is 26.0 Å². The monoisotopic (exact) mass is 423 g/mol. The molecule has 0 aliphatic carbocycles. The molecule has 4 amide bonds. The van der Waals surface area contributed by atoms with Crippen LogP contribution >= 0.6 is 0 Å². The van der Waals surface area contributed by atoms with Gasteiger partial charge in [0, 0.05) is 5.69 Å². The fourth-order valence-electron chi connectivity index (χ4n) is 3.23. The molecule has 1 aliphatic rings. The maximum absolute atomic E-state index is 12.9. The maximum Gasteiger partial charge on any atom is 0.338 e. The molecule has 162 valence electrons. The summed E-state index contributed by atoms with van der Waals surface area (Å²) in [4.78, 5) is 50.5. The zero-order valence-corrected chi connectivity index (χ0v) is 17.7. The van der Waals surface area contributed by atoms with Gasteiger partial charge in [0.15, 0.2) is 0 Å². The van der Waals surface area contributed by atoms with Gasteiger partial charge in [-0.05, 0) is 50.1 Å². The number of anilines is 1. The number of benzene rings is 2. The predicted octanol–water partition coefficient (Wildman–Crippen LogP) is 2.97. The zero-order chi connectivity index (χ0) is 22.6. The van der Waals surface area contributed by atoms with Gasteiger partial charge in [-0.3, -0.25) is 14.5 Å². The van der Waals surface area contributed by atoms with E-state index in [0.717, 1.165) is 16.9 Å². The summed E-state index contributed by atoms with van der Waals surface area (Å²) in [6.07, 6.45) is 0.728. The third-order valence-corrected chi connectivity index (χ3v) is 5.05. The van der Waals surface area contributed by atoms with Crippen LogP contribution in [0.25, 0.3) is 0 Å². The van der Waals surface area contributed by atoms with Gasteiger partial charge in [0.25, 0.3) is 5.91 Å². The van der Waals surface area contributed by atoms with E-state index >= 15 is 0 Å². The average Bonchev–Trinajstić information content (AvgIpc) is 2.96. The molecule has 0 unspecified atom stereocenters. The highest BCUT2D eigenvalue weighted by molar-refractivity contribution is 6.10. The first-order valence-corrected chi connectivity index (χ1v) is 10.0. The topological polar surface area (TPSA) is 105 Å². The molecule has 8 heteroatoms. The number of ether oxygens (including phenoxy) is 1. The lowest BCUT2D eigenvalue weighted by Crippen LogP contribution is -2.42. The summed E-state index contributed by atoms with van der Waals surface area (Å²) in [6.45, 7) is 5.36. The second kappa shape index (κ2) is 8.99. The standard InChI is InChI=1S/C23H25N3O5/c1-4-13-31-20(28)16-7-11-18(12-8-16)24-19(27)14-26-21(29)23(3,25-22(26)30)17-9-5-15(2)6-10-17/h5-12H,4,13-14H2,1-3H3,(H,24,27)(H,25,30)/t23-/m0/s1. The van der Waals surface area contributed by atoms with E-state index in [1.165, 1.54) is 12.1 Å².